The third-order valence-corrected chi connectivity index (χ3v) is 4.70. The number of carbonyl (C=O) groups is 1. The Morgan fingerprint density at radius 3 is 2.48 bits per heavy atom. The van der Waals surface area contributed by atoms with Gasteiger partial charge in [-0.05, 0) is 31.0 Å². The molecular weight excluding hydrogens is 316 g/mol. The Morgan fingerprint density at radius 1 is 1.35 bits per heavy atom. The fraction of sp³-hybridized carbons (Fsp3) is 0.467. The van der Waals surface area contributed by atoms with Crippen molar-refractivity contribution in [2.75, 3.05) is 26.4 Å². The summed E-state index contributed by atoms with van der Waals surface area (Å²) in [7, 11) is -1.68. The summed E-state index contributed by atoms with van der Waals surface area (Å²) in [6.07, 6.45) is 1.68. The molecule has 0 fully saturated rings. The van der Waals surface area contributed by atoms with E-state index in [0.29, 0.717) is 25.1 Å². The van der Waals surface area contributed by atoms with E-state index in [-0.39, 0.29) is 12.1 Å². The molecule has 1 atom stereocenters. The molecule has 0 aliphatic heterocycles. The van der Waals surface area contributed by atoms with Crippen LogP contribution in [0.25, 0.3) is 0 Å². The number of amides is 2. The second kappa shape index (κ2) is 8.50. The van der Waals surface area contributed by atoms with E-state index in [0.717, 1.165) is 11.8 Å². The van der Waals surface area contributed by atoms with Crippen LogP contribution in [0.2, 0.25) is 0 Å². The lowest BCUT2D eigenvalue weighted by atomic mass is 10.1. The van der Waals surface area contributed by atoms with Crippen molar-refractivity contribution < 1.29 is 13.2 Å². The molecule has 0 bridgehead atoms. The Bertz CT molecular complexity index is 665. The maximum atomic E-state index is 11.8. The zero-order valence-corrected chi connectivity index (χ0v) is 14.4. The molecule has 0 aromatic heterocycles. The smallest absolute Gasteiger partial charge is 0.315 e. The summed E-state index contributed by atoms with van der Waals surface area (Å²) >= 11 is 0. The van der Waals surface area contributed by atoms with E-state index < -0.39 is 10.0 Å². The molecule has 0 unspecified atom stereocenters. The molecule has 7 nitrogen and oxygen atoms in total. The number of hydrogen-bond acceptors (Lipinski definition) is 4. The lowest BCUT2D eigenvalue weighted by molar-refractivity contribution is 0.237. The highest BCUT2D eigenvalue weighted by molar-refractivity contribution is 7.88. The molecule has 2 N–H and O–H groups in total. The van der Waals surface area contributed by atoms with Gasteiger partial charge < -0.3 is 10.6 Å². The van der Waals surface area contributed by atoms with Crippen molar-refractivity contribution in [1.29, 1.82) is 5.26 Å². The van der Waals surface area contributed by atoms with E-state index in [4.69, 9.17) is 5.26 Å². The summed E-state index contributed by atoms with van der Waals surface area (Å²) in [6, 6.07) is 8.53. The van der Waals surface area contributed by atoms with E-state index >= 15 is 0 Å². The van der Waals surface area contributed by atoms with Crippen LogP contribution < -0.4 is 10.6 Å². The molecule has 0 aliphatic rings. The van der Waals surface area contributed by atoms with Crippen molar-refractivity contribution in [3.63, 3.8) is 0 Å². The zero-order chi connectivity index (χ0) is 17.5. The molecule has 2 amide bonds. The molecule has 0 aliphatic carbocycles. The van der Waals surface area contributed by atoms with Gasteiger partial charge in [-0.25, -0.2) is 17.5 Å². The quantitative estimate of drug-likeness (QED) is 0.729. The normalized spacial score (nSPS) is 12.5. The standard InChI is InChI=1S/C15H22N4O3S/c1-12(14-7-5-13(11-16)6-8-14)18-15(20)17-9-4-10-19(2)23(3,21)22/h5-8,12H,4,9-10H2,1-3H3,(H2,17,18,20)/t12-/m0/s1. The molecule has 1 aromatic carbocycles. The maximum Gasteiger partial charge on any atom is 0.315 e. The highest BCUT2D eigenvalue weighted by Gasteiger charge is 2.11. The van der Waals surface area contributed by atoms with Crippen molar-refractivity contribution in [2.24, 2.45) is 0 Å². The molecule has 126 valence electrons. The number of rotatable bonds is 7. The summed E-state index contributed by atoms with van der Waals surface area (Å²) in [5, 5.41) is 14.2. The Balaban J connectivity index is 2.34. The third-order valence-electron chi connectivity index (χ3n) is 3.39. The van der Waals surface area contributed by atoms with Gasteiger partial charge >= 0.3 is 6.03 Å². The Hall–Kier alpha value is -2.11. The molecule has 0 saturated carbocycles. The Morgan fingerprint density at radius 2 is 1.96 bits per heavy atom. The molecule has 0 radical (unpaired) electrons. The van der Waals surface area contributed by atoms with Crippen LogP contribution in [0, 0.1) is 11.3 Å². The molecule has 0 saturated heterocycles. The molecular formula is C15H22N4O3S. The Labute approximate surface area is 137 Å². The van der Waals surface area contributed by atoms with Gasteiger partial charge in [-0.3, -0.25) is 0 Å². The van der Waals surface area contributed by atoms with Gasteiger partial charge in [0, 0.05) is 20.1 Å². The van der Waals surface area contributed by atoms with Gasteiger partial charge in [0.05, 0.1) is 23.9 Å². The second-order valence-electron chi connectivity index (χ2n) is 5.29. The van der Waals surface area contributed by atoms with Crippen molar-refractivity contribution in [1.82, 2.24) is 14.9 Å². The number of nitriles is 1. The van der Waals surface area contributed by atoms with Crippen molar-refractivity contribution >= 4 is 16.1 Å². The van der Waals surface area contributed by atoms with Crippen LogP contribution in [0.3, 0.4) is 0 Å². The monoisotopic (exact) mass is 338 g/mol. The van der Waals surface area contributed by atoms with Gasteiger partial charge in [0.1, 0.15) is 0 Å². The zero-order valence-electron chi connectivity index (χ0n) is 13.5. The average molecular weight is 338 g/mol. The third kappa shape index (κ3) is 6.67. The van der Waals surface area contributed by atoms with E-state index in [1.54, 1.807) is 24.3 Å². The number of urea groups is 1. The van der Waals surface area contributed by atoms with Crippen molar-refractivity contribution in [3.05, 3.63) is 35.4 Å². The minimum Gasteiger partial charge on any atom is -0.338 e. The summed E-state index contributed by atoms with van der Waals surface area (Å²) in [6.45, 7) is 2.58. The van der Waals surface area contributed by atoms with Crippen LogP contribution in [0.1, 0.15) is 30.5 Å². The SMILES string of the molecule is C[C@H](NC(=O)NCCCN(C)S(C)(=O)=O)c1ccc(C#N)cc1. The molecule has 0 spiro atoms. The number of benzene rings is 1. The van der Waals surface area contributed by atoms with Crippen LogP contribution in [0.15, 0.2) is 24.3 Å². The van der Waals surface area contributed by atoms with Crippen LogP contribution >= 0.6 is 0 Å². The summed E-state index contributed by atoms with van der Waals surface area (Å²) in [5.74, 6) is 0. The van der Waals surface area contributed by atoms with Gasteiger partial charge in [0.2, 0.25) is 10.0 Å². The first-order valence-corrected chi connectivity index (χ1v) is 9.04. The number of nitrogens with one attached hydrogen (secondary N) is 2. The van der Waals surface area contributed by atoms with Crippen LogP contribution in [-0.2, 0) is 10.0 Å². The fourth-order valence-electron chi connectivity index (χ4n) is 1.85. The van der Waals surface area contributed by atoms with Crippen LogP contribution in [-0.4, -0.2) is 45.1 Å². The summed E-state index contributed by atoms with van der Waals surface area (Å²) in [5.41, 5.74) is 1.47. The lowest BCUT2D eigenvalue weighted by Crippen LogP contribution is -2.38. The van der Waals surface area contributed by atoms with Gasteiger partial charge in [-0.2, -0.15) is 5.26 Å². The van der Waals surface area contributed by atoms with Gasteiger partial charge in [0.25, 0.3) is 0 Å². The van der Waals surface area contributed by atoms with Crippen LogP contribution in [0.4, 0.5) is 4.79 Å². The number of hydrogen-bond donors (Lipinski definition) is 2. The van der Waals surface area contributed by atoms with Gasteiger partial charge in [-0.15, -0.1) is 0 Å². The predicted molar refractivity (Wildman–Crippen MR) is 88.2 cm³/mol. The number of sulfonamides is 1. The highest BCUT2D eigenvalue weighted by Crippen LogP contribution is 2.12. The minimum atomic E-state index is -3.18. The molecule has 1 aromatic rings. The van der Waals surface area contributed by atoms with Gasteiger partial charge in [-0.1, -0.05) is 12.1 Å². The topological polar surface area (TPSA) is 102 Å². The average Bonchev–Trinajstić information content (AvgIpc) is 2.50. The van der Waals surface area contributed by atoms with Crippen LogP contribution in [0.5, 0.6) is 0 Å². The minimum absolute atomic E-state index is 0.193. The number of carbonyl (C=O) groups excluding carboxylic acids is 1. The van der Waals surface area contributed by atoms with Crippen molar-refractivity contribution in [2.45, 2.75) is 19.4 Å². The second-order valence-corrected chi connectivity index (χ2v) is 7.38. The van der Waals surface area contributed by atoms with E-state index in [1.165, 1.54) is 11.4 Å². The highest BCUT2D eigenvalue weighted by atomic mass is 32.2. The molecule has 1 rings (SSSR count). The van der Waals surface area contributed by atoms with Gasteiger partial charge in [0.15, 0.2) is 0 Å². The molecule has 23 heavy (non-hydrogen) atoms. The molecule has 8 heteroatoms. The van der Waals surface area contributed by atoms with Crippen molar-refractivity contribution in [3.8, 4) is 6.07 Å². The summed E-state index contributed by atoms with van der Waals surface area (Å²) in [4.78, 5) is 11.8. The predicted octanol–water partition coefficient (Wildman–Crippen LogP) is 1.20. The molecule has 0 heterocycles. The first-order valence-electron chi connectivity index (χ1n) is 7.19. The Kier molecular flexibility index (Phi) is 7.00. The maximum absolute atomic E-state index is 11.8. The first kappa shape index (κ1) is 18.9. The van der Waals surface area contributed by atoms with E-state index in [1.807, 2.05) is 13.0 Å². The lowest BCUT2D eigenvalue weighted by Gasteiger charge is -2.16. The van der Waals surface area contributed by atoms with E-state index in [9.17, 15) is 13.2 Å². The van der Waals surface area contributed by atoms with E-state index in [2.05, 4.69) is 10.6 Å². The summed E-state index contributed by atoms with van der Waals surface area (Å²) < 4.78 is 23.7. The largest absolute Gasteiger partial charge is 0.338 e. The first-order chi connectivity index (χ1) is 10.7. The fourth-order valence-corrected chi connectivity index (χ4v) is 2.31. The number of nitrogens with zero attached hydrogens (tertiary/aromatic N) is 2.